The summed E-state index contributed by atoms with van der Waals surface area (Å²) >= 11 is 0. The van der Waals surface area contributed by atoms with Gasteiger partial charge in [0.05, 0.1) is 6.20 Å². The summed E-state index contributed by atoms with van der Waals surface area (Å²) in [7, 11) is 5.02. The molecule has 0 aromatic carbocycles. The Bertz CT molecular complexity index is 1120. The lowest BCUT2D eigenvalue weighted by Gasteiger charge is -2.33. The summed E-state index contributed by atoms with van der Waals surface area (Å²) in [6, 6.07) is 1.85. The zero-order valence-electron chi connectivity index (χ0n) is 16.6. The second-order valence-electron chi connectivity index (χ2n) is 7.20. The fraction of sp³-hybridized carbons (Fsp3) is 0.421. The van der Waals surface area contributed by atoms with E-state index >= 15 is 0 Å². The van der Waals surface area contributed by atoms with Gasteiger partial charge in [-0.25, -0.2) is 14.8 Å². The number of aryl methyl sites for hydroxylation is 1. The van der Waals surface area contributed by atoms with Crippen LogP contribution < -0.4 is 20.9 Å². The molecule has 1 saturated heterocycles. The molecule has 3 aromatic rings. The van der Waals surface area contributed by atoms with Crippen LogP contribution in [0.2, 0.25) is 0 Å². The van der Waals surface area contributed by atoms with E-state index in [-0.39, 0.29) is 17.4 Å². The summed E-state index contributed by atoms with van der Waals surface area (Å²) in [5, 5.41) is 4.15. The molecular formula is C19H23N7O3. The molecule has 0 saturated carbocycles. The predicted molar refractivity (Wildman–Crippen MR) is 107 cm³/mol. The fourth-order valence-corrected chi connectivity index (χ4v) is 3.47. The molecule has 10 nitrogen and oxygen atoms in total. The van der Waals surface area contributed by atoms with Gasteiger partial charge in [0.1, 0.15) is 11.9 Å². The van der Waals surface area contributed by atoms with Crippen LogP contribution in [0.25, 0.3) is 11.1 Å². The zero-order valence-corrected chi connectivity index (χ0v) is 16.6. The second-order valence-corrected chi connectivity index (χ2v) is 7.20. The first kappa shape index (κ1) is 18.9. The van der Waals surface area contributed by atoms with Gasteiger partial charge >= 0.3 is 11.7 Å². The average Bonchev–Trinajstić information content (AvgIpc) is 3.17. The monoisotopic (exact) mass is 397 g/mol. The van der Waals surface area contributed by atoms with E-state index < -0.39 is 0 Å². The molecular weight excluding hydrogens is 374 g/mol. The van der Waals surface area contributed by atoms with Crippen molar-refractivity contribution in [1.82, 2.24) is 28.9 Å². The van der Waals surface area contributed by atoms with E-state index in [4.69, 9.17) is 4.74 Å². The summed E-state index contributed by atoms with van der Waals surface area (Å²) in [5.74, 6) is 0.633. The number of piperidine rings is 1. The molecule has 0 aliphatic carbocycles. The quantitative estimate of drug-likeness (QED) is 0.625. The summed E-state index contributed by atoms with van der Waals surface area (Å²) in [6.45, 7) is 1.36. The Hall–Kier alpha value is -3.43. The van der Waals surface area contributed by atoms with Gasteiger partial charge in [0.25, 0.3) is 5.56 Å². The highest BCUT2D eigenvalue weighted by Crippen LogP contribution is 2.21. The van der Waals surface area contributed by atoms with Crippen LogP contribution in [0.1, 0.15) is 12.8 Å². The standard InChI is InChI=1S/C19H23N7O3/c1-23-12-14(11-22-23)13-9-20-18(21-10-13)29-15-4-6-26(7-5-15)16-8-17(27)25(3)19(28)24(16)2/h8-12,15H,4-7H2,1-3H3. The topological polar surface area (TPSA) is 100 Å². The third kappa shape index (κ3) is 3.78. The normalized spacial score (nSPS) is 14.9. The Morgan fingerprint density at radius 3 is 2.28 bits per heavy atom. The smallest absolute Gasteiger partial charge is 0.332 e. The molecule has 29 heavy (non-hydrogen) atoms. The van der Waals surface area contributed by atoms with Gasteiger partial charge in [-0.3, -0.25) is 18.6 Å². The van der Waals surface area contributed by atoms with Crippen molar-refractivity contribution in [2.24, 2.45) is 21.1 Å². The summed E-state index contributed by atoms with van der Waals surface area (Å²) in [6.07, 6.45) is 8.60. The van der Waals surface area contributed by atoms with E-state index in [9.17, 15) is 9.59 Å². The first-order valence-corrected chi connectivity index (χ1v) is 9.42. The van der Waals surface area contributed by atoms with Crippen LogP contribution in [0.3, 0.4) is 0 Å². The molecule has 0 atom stereocenters. The fourth-order valence-electron chi connectivity index (χ4n) is 3.47. The van der Waals surface area contributed by atoms with E-state index in [1.54, 1.807) is 30.3 Å². The highest BCUT2D eigenvalue weighted by molar-refractivity contribution is 5.59. The summed E-state index contributed by atoms with van der Waals surface area (Å²) < 4.78 is 10.3. The predicted octanol–water partition coefficient (Wildman–Crippen LogP) is 0.322. The van der Waals surface area contributed by atoms with E-state index in [0.29, 0.717) is 24.9 Å². The molecule has 1 fully saturated rings. The van der Waals surface area contributed by atoms with Crippen LogP contribution in [-0.2, 0) is 21.1 Å². The van der Waals surface area contributed by atoms with Crippen molar-refractivity contribution in [3.63, 3.8) is 0 Å². The Balaban J connectivity index is 1.39. The van der Waals surface area contributed by atoms with Gasteiger partial charge < -0.3 is 9.64 Å². The van der Waals surface area contributed by atoms with Crippen LogP contribution >= 0.6 is 0 Å². The molecule has 0 amide bonds. The summed E-state index contributed by atoms with van der Waals surface area (Å²) in [4.78, 5) is 34.8. The number of anilines is 1. The molecule has 1 aliphatic heterocycles. The molecule has 0 radical (unpaired) electrons. The number of nitrogens with zero attached hydrogens (tertiary/aromatic N) is 7. The van der Waals surface area contributed by atoms with Crippen molar-refractivity contribution < 1.29 is 4.74 Å². The molecule has 0 unspecified atom stereocenters. The van der Waals surface area contributed by atoms with Crippen molar-refractivity contribution in [3.8, 4) is 17.1 Å². The van der Waals surface area contributed by atoms with Crippen molar-refractivity contribution in [2.75, 3.05) is 18.0 Å². The Morgan fingerprint density at radius 2 is 1.66 bits per heavy atom. The van der Waals surface area contributed by atoms with Gasteiger partial charge in [-0.1, -0.05) is 0 Å². The highest BCUT2D eigenvalue weighted by atomic mass is 16.5. The molecule has 0 bridgehead atoms. The lowest BCUT2D eigenvalue weighted by Crippen LogP contribution is -2.44. The third-order valence-electron chi connectivity index (χ3n) is 5.21. The minimum atomic E-state index is -0.326. The molecule has 4 heterocycles. The van der Waals surface area contributed by atoms with Crippen LogP contribution in [0, 0.1) is 0 Å². The van der Waals surface area contributed by atoms with Gasteiger partial charge in [-0.15, -0.1) is 0 Å². The van der Waals surface area contributed by atoms with Crippen LogP contribution in [0.4, 0.5) is 5.82 Å². The van der Waals surface area contributed by atoms with Crippen molar-refractivity contribution in [1.29, 1.82) is 0 Å². The molecule has 3 aromatic heterocycles. The van der Waals surface area contributed by atoms with Crippen LogP contribution in [0.15, 0.2) is 40.4 Å². The second kappa shape index (κ2) is 7.53. The van der Waals surface area contributed by atoms with Crippen molar-refractivity contribution >= 4 is 5.82 Å². The Morgan fingerprint density at radius 1 is 0.966 bits per heavy atom. The van der Waals surface area contributed by atoms with Crippen molar-refractivity contribution in [2.45, 2.75) is 18.9 Å². The summed E-state index contributed by atoms with van der Waals surface area (Å²) in [5.41, 5.74) is 1.20. The molecule has 0 spiro atoms. The minimum absolute atomic E-state index is 0.0148. The third-order valence-corrected chi connectivity index (χ3v) is 5.21. The van der Waals surface area contributed by atoms with E-state index in [0.717, 1.165) is 28.5 Å². The average molecular weight is 397 g/mol. The Labute approximate surface area is 167 Å². The maximum Gasteiger partial charge on any atom is 0.332 e. The number of rotatable bonds is 4. The highest BCUT2D eigenvalue weighted by Gasteiger charge is 2.23. The SMILES string of the molecule is Cn1cc(-c2cnc(OC3CCN(c4cc(=O)n(C)c(=O)n4C)CC3)nc2)cn1. The first-order valence-electron chi connectivity index (χ1n) is 9.42. The molecule has 4 rings (SSSR count). The zero-order chi connectivity index (χ0) is 20.5. The van der Waals surface area contributed by atoms with Crippen molar-refractivity contribution in [3.05, 3.63) is 51.7 Å². The molecule has 0 N–H and O–H groups in total. The number of hydrogen-bond acceptors (Lipinski definition) is 7. The molecule has 152 valence electrons. The lowest BCUT2D eigenvalue weighted by atomic mass is 10.1. The van der Waals surface area contributed by atoms with Gasteiger partial charge in [0.2, 0.25) is 0 Å². The number of ether oxygens (including phenoxy) is 1. The molecule has 1 aliphatic rings. The lowest BCUT2D eigenvalue weighted by molar-refractivity contribution is 0.156. The number of hydrogen-bond donors (Lipinski definition) is 0. The van der Waals surface area contributed by atoms with E-state index in [1.807, 2.05) is 18.1 Å². The maximum absolute atomic E-state index is 12.1. The van der Waals surface area contributed by atoms with Gasteiger partial charge in [-0.2, -0.15) is 5.10 Å². The van der Waals surface area contributed by atoms with Gasteiger partial charge in [0, 0.05) is 82.9 Å². The van der Waals surface area contributed by atoms with Crippen LogP contribution in [-0.4, -0.2) is 48.1 Å². The number of aromatic nitrogens is 6. The van der Waals surface area contributed by atoms with Crippen LogP contribution in [0.5, 0.6) is 6.01 Å². The maximum atomic E-state index is 12.1. The molecule has 10 heteroatoms. The minimum Gasteiger partial charge on any atom is -0.460 e. The van der Waals surface area contributed by atoms with E-state index in [2.05, 4.69) is 15.1 Å². The largest absolute Gasteiger partial charge is 0.460 e. The van der Waals surface area contributed by atoms with E-state index in [1.165, 1.54) is 17.7 Å². The van der Waals surface area contributed by atoms with Gasteiger partial charge in [-0.05, 0) is 0 Å². The first-order chi connectivity index (χ1) is 13.9. The van der Waals surface area contributed by atoms with Gasteiger partial charge in [0.15, 0.2) is 0 Å². The Kier molecular flexibility index (Phi) is 4.91.